The third-order valence-corrected chi connectivity index (χ3v) is 3.25. The second-order valence-electron chi connectivity index (χ2n) is 4.11. The van der Waals surface area contributed by atoms with Gasteiger partial charge in [0, 0.05) is 12.4 Å². The predicted octanol–water partition coefficient (Wildman–Crippen LogP) is 3.09. The van der Waals surface area contributed by atoms with E-state index in [0.717, 1.165) is 16.9 Å². The Morgan fingerprint density at radius 2 is 2.10 bits per heavy atom. The van der Waals surface area contributed by atoms with Crippen LogP contribution in [0, 0.1) is 0 Å². The van der Waals surface area contributed by atoms with Crippen LogP contribution in [0.2, 0.25) is 0 Å². The maximum Gasteiger partial charge on any atom is 0.310 e. The minimum absolute atomic E-state index is 0.160. The Morgan fingerprint density at radius 3 is 2.75 bits per heavy atom. The molecule has 0 aliphatic carbocycles. The largest absolute Gasteiger partial charge is 0.466 e. The predicted molar refractivity (Wildman–Crippen MR) is 82.4 cm³/mol. The first-order chi connectivity index (χ1) is 9.71. The monoisotopic (exact) mass is 297 g/mol. The molecule has 0 spiro atoms. The fourth-order valence-corrected chi connectivity index (χ4v) is 2.29. The molecule has 0 radical (unpaired) electrons. The minimum atomic E-state index is -0.200. The summed E-state index contributed by atoms with van der Waals surface area (Å²) in [6.45, 7) is 6.90. The fourth-order valence-electron chi connectivity index (χ4n) is 1.77. The molecular weight excluding hydrogens is 274 g/mol. The van der Waals surface area contributed by atoms with Gasteiger partial charge in [-0.1, -0.05) is 43.1 Å². The van der Waals surface area contributed by atoms with Gasteiger partial charge in [0.15, 0.2) is 0 Å². The van der Waals surface area contributed by atoms with Crippen molar-refractivity contribution in [3.63, 3.8) is 0 Å². The molecule has 0 aliphatic heterocycles. The lowest BCUT2D eigenvalue weighted by Crippen LogP contribution is -2.18. The van der Waals surface area contributed by atoms with Gasteiger partial charge in [0.2, 0.25) is 0 Å². The van der Waals surface area contributed by atoms with Gasteiger partial charge in [-0.2, -0.15) is 0 Å². The van der Waals surface area contributed by atoms with Crippen molar-refractivity contribution >= 4 is 17.9 Å². The number of carbonyl (C=O) groups is 1. The summed E-state index contributed by atoms with van der Waals surface area (Å²) in [5.74, 6) is 0.764. The number of hydrogen-bond acceptors (Lipinski definition) is 5. The second-order valence-corrected chi connectivity index (χ2v) is 5.21. The van der Waals surface area contributed by atoms with Gasteiger partial charge in [-0.15, -0.1) is 0 Å². The fraction of sp³-hybridized carbons (Fsp3) is 0.533. The zero-order valence-corrected chi connectivity index (χ0v) is 13.2. The number of ether oxygens (including phenoxy) is 2. The Morgan fingerprint density at radius 1 is 1.30 bits per heavy atom. The van der Waals surface area contributed by atoms with Gasteiger partial charge < -0.3 is 9.47 Å². The van der Waals surface area contributed by atoms with Crippen molar-refractivity contribution in [1.82, 2.24) is 4.72 Å². The van der Waals surface area contributed by atoms with Crippen molar-refractivity contribution in [2.75, 3.05) is 19.0 Å². The summed E-state index contributed by atoms with van der Waals surface area (Å²) in [4.78, 5) is 11.5. The van der Waals surface area contributed by atoms with Gasteiger partial charge in [0.25, 0.3) is 0 Å². The Bertz CT molecular complexity index is 412. The van der Waals surface area contributed by atoms with Gasteiger partial charge in [-0.3, -0.25) is 4.79 Å². The van der Waals surface area contributed by atoms with Crippen LogP contribution in [0.3, 0.4) is 0 Å². The van der Waals surface area contributed by atoms with E-state index in [1.807, 2.05) is 38.1 Å². The van der Waals surface area contributed by atoms with Crippen LogP contribution in [-0.2, 0) is 20.7 Å². The zero-order chi connectivity index (χ0) is 14.8. The topological polar surface area (TPSA) is 47.6 Å². The Kier molecular flexibility index (Phi) is 8.34. The molecule has 0 fully saturated rings. The molecule has 0 aromatic heterocycles. The van der Waals surface area contributed by atoms with E-state index in [4.69, 9.17) is 9.47 Å². The summed E-state index contributed by atoms with van der Waals surface area (Å²) < 4.78 is 13.9. The summed E-state index contributed by atoms with van der Waals surface area (Å²) in [5.41, 5.74) is 1.96. The lowest BCUT2D eigenvalue weighted by atomic mass is 10.1. The third kappa shape index (κ3) is 5.94. The first-order valence-electron chi connectivity index (χ1n) is 6.94. The van der Waals surface area contributed by atoms with E-state index in [9.17, 15) is 4.79 Å². The molecule has 112 valence electrons. The van der Waals surface area contributed by atoms with Gasteiger partial charge in [0.1, 0.15) is 6.23 Å². The van der Waals surface area contributed by atoms with E-state index in [1.165, 1.54) is 0 Å². The molecule has 0 saturated carbocycles. The van der Waals surface area contributed by atoms with Crippen molar-refractivity contribution < 1.29 is 14.3 Å². The average Bonchev–Trinajstić information content (AvgIpc) is 2.44. The Labute approximate surface area is 125 Å². The van der Waals surface area contributed by atoms with Crippen LogP contribution >= 0.6 is 11.9 Å². The van der Waals surface area contributed by atoms with Crippen molar-refractivity contribution in [2.45, 2.75) is 33.4 Å². The number of esters is 1. The van der Waals surface area contributed by atoms with Crippen LogP contribution < -0.4 is 4.72 Å². The molecule has 5 heteroatoms. The van der Waals surface area contributed by atoms with Crippen LogP contribution in [0.15, 0.2) is 24.3 Å². The van der Waals surface area contributed by atoms with E-state index in [0.29, 0.717) is 19.6 Å². The van der Waals surface area contributed by atoms with Crippen molar-refractivity contribution in [2.24, 2.45) is 0 Å². The summed E-state index contributed by atoms with van der Waals surface area (Å²) in [5, 5.41) is 0. The Hall–Kier alpha value is -1.04. The van der Waals surface area contributed by atoms with E-state index in [2.05, 4.69) is 11.6 Å². The maximum absolute atomic E-state index is 11.5. The number of rotatable bonds is 9. The molecule has 1 aromatic rings. The van der Waals surface area contributed by atoms with Crippen LogP contribution in [0.25, 0.3) is 0 Å². The molecule has 1 aromatic carbocycles. The Balaban J connectivity index is 2.75. The van der Waals surface area contributed by atoms with Crippen LogP contribution in [-0.4, -0.2) is 24.9 Å². The minimum Gasteiger partial charge on any atom is -0.466 e. The standard InChI is InChI=1S/C15H23NO3S/c1-4-18-14(17)11-12-8-7-9-13(10-12)15(19-5-2)16-20-6-3/h7-10,15-16H,4-6,11H2,1-3H3/t15-/m0/s1. The number of benzene rings is 1. The molecule has 0 unspecified atom stereocenters. The number of nitrogens with one attached hydrogen (secondary N) is 1. The molecule has 0 aliphatic rings. The molecule has 4 nitrogen and oxygen atoms in total. The van der Waals surface area contributed by atoms with Gasteiger partial charge in [-0.05, 0) is 25.0 Å². The molecule has 0 heterocycles. The highest BCUT2D eigenvalue weighted by atomic mass is 32.2. The van der Waals surface area contributed by atoms with Crippen molar-refractivity contribution in [3.05, 3.63) is 35.4 Å². The van der Waals surface area contributed by atoms with Crippen LogP contribution in [0.5, 0.6) is 0 Å². The second kappa shape index (κ2) is 9.80. The molecule has 20 heavy (non-hydrogen) atoms. The van der Waals surface area contributed by atoms with E-state index < -0.39 is 0 Å². The molecular formula is C15H23NO3S. The molecule has 0 bridgehead atoms. The summed E-state index contributed by atoms with van der Waals surface area (Å²) in [7, 11) is 0. The summed E-state index contributed by atoms with van der Waals surface area (Å²) in [6, 6.07) is 7.85. The molecule has 1 N–H and O–H groups in total. The summed E-state index contributed by atoms with van der Waals surface area (Å²) >= 11 is 1.61. The van der Waals surface area contributed by atoms with Gasteiger partial charge in [-0.25, -0.2) is 4.72 Å². The van der Waals surface area contributed by atoms with Crippen LogP contribution in [0.4, 0.5) is 0 Å². The first kappa shape index (κ1) is 17.0. The normalized spacial score (nSPS) is 12.2. The highest BCUT2D eigenvalue weighted by Crippen LogP contribution is 2.19. The van der Waals surface area contributed by atoms with E-state index in [1.54, 1.807) is 11.9 Å². The lowest BCUT2D eigenvalue weighted by molar-refractivity contribution is -0.142. The molecule has 0 amide bonds. The highest BCUT2D eigenvalue weighted by molar-refractivity contribution is 7.97. The van der Waals surface area contributed by atoms with Gasteiger partial charge in [0.05, 0.1) is 13.0 Å². The zero-order valence-electron chi connectivity index (χ0n) is 12.3. The number of hydrogen-bond donors (Lipinski definition) is 1. The highest BCUT2D eigenvalue weighted by Gasteiger charge is 2.12. The molecule has 1 rings (SSSR count). The average molecular weight is 297 g/mol. The SMILES string of the molecule is CCOC(=O)Cc1cccc([C@@H](NSCC)OCC)c1. The van der Waals surface area contributed by atoms with Crippen molar-refractivity contribution in [1.29, 1.82) is 0 Å². The number of carbonyl (C=O) groups excluding carboxylic acids is 1. The lowest BCUT2D eigenvalue weighted by Gasteiger charge is -2.18. The molecule has 1 atom stereocenters. The smallest absolute Gasteiger partial charge is 0.310 e. The summed E-state index contributed by atoms with van der Waals surface area (Å²) in [6.07, 6.45) is 0.133. The van der Waals surface area contributed by atoms with E-state index in [-0.39, 0.29) is 12.2 Å². The maximum atomic E-state index is 11.5. The molecule has 0 saturated heterocycles. The van der Waals surface area contributed by atoms with Crippen molar-refractivity contribution in [3.8, 4) is 0 Å². The van der Waals surface area contributed by atoms with E-state index >= 15 is 0 Å². The first-order valence-corrected chi connectivity index (χ1v) is 7.93. The van der Waals surface area contributed by atoms with Crippen LogP contribution in [0.1, 0.15) is 38.1 Å². The quantitative estimate of drug-likeness (QED) is 0.431. The van der Waals surface area contributed by atoms with Gasteiger partial charge >= 0.3 is 5.97 Å². The third-order valence-electron chi connectivity index (χ3n) is 2.58.